The van der Waals surface area contributed by atoms with Crippen molar-refractivity contribution in [2.75, 3.05) is 0 Å². The zero-order valence-corrected chi connectivity index (χ0v) is 31.0. The fraction of sp³-hybridized carbons (Fsp3) is 0. The van der Waals surface area contributed by atoms with Gasteiger partial charge < -0.3 is 4.57 Å². The lowest BCUT2D eigenvalue weighted by Crippen LogP contribution is -2.00. The summed E-state index contributed by atoms with van der Waals surface area (Å²) in [6.07, 6.45) is 0. The van der Waals surface area contributed by atoms with Gasteiger partial charge in [-0.15, -0.1) is 11.3 Å². The van der Waals surface area contributed by atoms with Crippen LogP contribution in [0.1, 0.15) is 0 Å². The van der Waals surface area contributed by atoms with Gasteiger partial charge in [-0.05, 0) is 53.1 Å². The summed E-state index contributed by atoms with van der Waals surface area (Å²) in [5, 5.41) is 5.08. The standard InChI is InChI=1S/C51H32N4S/c1-3-15-33(16-4-1)49-52-50(34-17-5-2-6-18-34)54-51(53-49)37-21-11-19-35(31-37)36-20-12-22-38(32-36)55-44-28-9-7-23-39(44)41-26-13-27-42(48(41)55)40-25-14-30-46-47(40)43-24-8-10-29-45(43)56-46/h1-32H. The van der Waals surface area contributed by atoms with Gasteiger partial charge in [0.2, 0.25) is 0 Å². The van der Waals surface area contributed by atoms with Crippen molar-refractivity contribution >= 4 is 53.3 Å². The summed E-state index contributed by atoms with van der Waals surface area (Å²) in [5.41, 5.74) is 11.0. The number of nitrogens with zero attached hydrogens (tertiary/aromatic N) is 4. The topological polar surface area (TPSA) is 43.6 Å². The molecule has 5 heteroatoms. The van der Waals surface area contributed by atoms with Crippen LogP contribution in [0.4, 0.5) is 0 Å². The average molecular weight is 733 g/mol. The molecule has 3 aromatic heterocycles. The van der Waals surface area contributed by atoms with Gasteiger partial charge in [0.15, 0.2) is 17.5 Å². The van der Waals surface area contributed by atoms with Crippen LogP contribution in [0.15, 0.2) is 194 Å². The molecule has 0 saturated carbocycles. The van der Waals surface area contributed by atoms with E-state index < -0.39 is 0 Å². The van der Waals surface area contributed by atoms with Gasteiger partial charge in [-0.2, -0.15) is 0 Å². The second kappa shape index (κ2) is 13.3. The SMILES string of the molecule is c1ccc(-c2nc(-c3ccccc3)nc(-c3cccc(-c4cccc(-n5c6ccccc6c6cccc(-c7cccc8sc9ccccc9c78)c65)c4)c3)n2)cc1. The number of benzene rings is 8. The average Bonchev–Trinajstić information content (AvgIpc) is 3.83. The molecule has 11 aromatic rings. The number of para-hydroxylation sites is 2. The van der Waals surface area contributed by atoms with E-state index in [0.717, 1.165) is 33.5 Å². The Morgan fingerprint density at radius 3 is 1.64 bits per heavy atom. The molecule has 0 aliphatic rings. The first kappa shape index (κ1) is 32.2. The van der Waals surface area contributed by atoms with Crippen molar-refractivity contribution in [3.63, 3.8) is 0 Å². The highest BCUT2D eigenvalue weighted by Crippen LogP contribution is 2.44. The maximum atomic E-state index is 5.01. The van der Waals surface area contributed by atoms with E-state index in [2.05, 4.69) is 138 Å². The fourth-order valence-corrected chi connectivity index (χ4v) is 9.24. The third-order valence-corrected chi connectivity index (χ3v) is 11.8. The highest BCUT2D eigenvalue weighted by atomic mass is 32.1. The lowest BCUT2D eigenvalue weighted by atomic mass is 9.97. The zero-order chi connectivity index (χ0) is 37.0. The highest BCUT2D eigenvalue weighted by Gasteiger charge is 2.20. The highest BCUT2D eigenvalue weighted by molar-refractivity contribution is 7.25. The van der Waals surface area contributed by atoms with Gasteiger partial charge in [0, 0.05) is 58.9 Å². The Morgan fingerprint density at radius 2 is 0.875 bits per heavy atom. The van der Waals surface area contributed by atoms with Crippen LogP contribution in [-0.2, 0) is 0 Å². The fourth-order valence-electron chi connectivity index (χ4n) is 8.10. The van der Waals surface area contributed by atoms with Crippen molar-refractivity contribution in [2.45, 2.75) is 0 Å². The maximum Gasteiger partial charge on any atom is 0.164 e. The van der Waals surface area contributed by atoms with E-state index in [-0.39, 0.29) is 0 Å². The van der Waals surface area contributed by atoms with Crippen LogP contribution in [0, 0.1) is 0 Å². The molecule has 11 rings (SSSR count). The minimum Gasteiger partial charge on any atom is -0.309 e. The number of rotatable bonds is 6. The minimum absolute atomic E-state index is 0.637. The smallest absolute Gasteiger partial charge is 0.164 e. The van der Waals surface area contributed by atoms with Gasteiger partial charge in [-0.25, -0.2) is 15.0 Å². The van der Waals surface area contributed by atoms with Crippen LogP contribution >= 0.6 is 11.3 Å². The van der Waals surface area contributed by atoms with E-state index in [0.29, 0.717) is 17.5 Å². The van der Waals surface area contributed by atoms with Gasteiger partial charge in [0.25, 0.3) is 0 Å². The van der Waals surface area contributed by atoms with E-state index in [1.807, 2.05) is 72.0 Å². The number of fused-ring (bicyclic) bond motifs is 6. The van der Waals surface area contributed by atoms with Crippen LogP contribution in [-0.4, -0.2) is 19.5 Å². The molecule has 56 heavy (non-hydrogen) atoms. The first-order valence-electron chi connectivity index (χ1n) is 18.8. The van der Waals surface area contributed by atoms with E-state index in [1.54, 1.807) is 0 Å². The first-order chi connectivity index (χ1) is 27.8. The summed E-state index contributed by atoms with van der Waals surface area (Å²) in [6, 6.07) is 68.7. The number of hydrogen-bond donors (Lipinski definition) is 0. The summed E-state index contributed by atoms with van der Waals surface area (Å²) in [5.74, 6) is 1.93. The van der Waals surface area contributed by atoms with E-state index in [9.17, 15) is 0 Å². The van der Waals surface area contributed by atoms with Crippen LogP contribution in [0.5, 0.6) is 0 Å². The Hall–Kier alpha value is -7.21. The summed E-state index contributed by atoms with van der Waals surface area (Å²) in [6.45, 7) is 0. The summed E-state index contributed by atoms with van der Waals surface area (Å²) in [4.78, 5) is 14.9. The molecule has 0 saturated heterocycles. The van der Waals surface area contributed by atoms with Gasteiger partial charge in [0.05, 0.1) is 11.0 Å². The molecule has 0 aliphatic heterocycles. The van der Waals surface area contributed by atoms with Crippen LogP contribution in [0.2, 0.25) is 0 Å². The Morgan fingerprint density at radius 1 is 0.357 bits per heavy atom. The molecule has 0 spiro atoms. The van der Waals surface area contributed by atoms with Crippen molar-refractivity contribution in [3.8, 4) is 62.1 Å². The van der Waals surface area contributed by atoms with E-state index >= 15 is 0 Å². The predicted octanol–water partition coefficient (Wildman–Crippen LogP) is 13.7. The summed E-state index contributed by atoms with van der Waals surface area (Å²) >= 11 is 1.86. The number of aromatic nitrogens is 4. The van der Waals surface area contributed by atoms with Gasteiger partial charge in [-0.1, -0.05) is 158 Å². The van der Waals surface area contributed by atoms with Crippen LogP contribution < -0.4 is 0 Å². The molecular formula is C51H32N4S. The Bertz CT molecular complexity index is 3200. The van der Waals surface area contributed by atoms with Crippen molar-refractivity contribution < 1.29 is 0 Å². The van der Waals surface area contributed by atoms with Crippen molar-refractivity contribution in [1.29, 1.82) is 0 Å². The largest absolute Gasteiger partial charge is 0.309 e. The Kier molecular flexibility index (Phi) is 7.64. The predicted molar refractivity (Wildman–Crippen MR) is 234 cm³/mol. The molecule has 262 valence electrons. The summed E-state index contributed by atoms with van der Waals surface area (Å²) < 4.78 is 5.06. The van der Waals surface area contributed by atoms with Crippen molar-refractivity contribution in [2.24, 2.45) is 0 Å². The molecule has 0 fully saturated rings. The summed E-state index contributed by atoms with van der Waals surface area (Å²) in [7, 11) is 0. The van der Waals surface area contributed by atoms with Gasteiger partial charge in [-0.3, -0.25) is 0 Å². The monoisotopic (exact) mass is 732 g/mol. The second-order valence-corrected chi connectivity index (χ2v) is 15.1. The van der Waals surface area contributed by atoms with Crippen molar-refractivity contribution in [1.82, 2.24) is 19.5 Å². The molecule has 0 amide bonds. The molecule has 8 aromatic carbocycles. The number of thiophene rings is 1. The molecule has 0 atom stereocenters. The maximum absolute atomic E-state index is 5.01. The molecule has 0 bridgehead atoms. The molecule has 0 radical (unpaired) electrons. The van der Waals surface area contributed by atoms with Crippen molar-refractivity contribution in [3.05, 3.63) is 194 Å². The molecule has 0 aliphatic carbocycles. The normalized spacial score (nSPS) is 11.6. The lowest BCUT2D eigenvalue weighted by molar-refractivity contribution is 1.07. The third kappa shape index (κ3) is 5.40. The Labute approximate surface area is 327 Å². The van der Waals surface area contributed by atoms with Gasteiger partial charge in [0.1, 0.15) is 0 Å². The quantitative estimate of drug-likeness (QED) is 0.171. The Balaban J connectivity index is 1.08. The number of hydrogen-bond acceptors (Lipinski definition) is 4. The molecular weight excluding hydrogens is 701 g/mol. The third-order valence-electron chi connectivity index (χ3n) is 10.6. The van der Waals surface area contributed by atoms with E-state index in [1.165, 1.54) is 53.1 Å². The van der Waals surface area contributed by atoms with E-state index in [4.69, 9.17) is 15.0 Å². The molecule has 4 nitrogen and oxygen atoms in total. The zero-order valence-electron chi connectivity index (χ0n) is 30.2. The van der Waals surface area contributed by atoms with Gasteiger partial charge >= 0.3 is 0 Å². The van der Waals surface area contributed by atoms with Crippen LogP contribution in [0.25, 0.3) is 104 Å². The molecule has 0 N–H and O–H groups in total. The lowest BCUT2D eigenvalue weighted by Gasteiger charge is -2.14. The minimum atomic E-state index is 0.637. The van der Waals surface area contributed by atoms with Crippen LogP contribution in [0.3, 0.4) is 0 Å². The second-order valence-electron chi connectivity index (χ2n) is 14.0. The molecule has 0 unspecified atom stereocenters. The first-order valence-corrected chi connectivity index (χ1v) is 19.6. The molecule has 3 heterocycles.